The molecule has 6 rings (SSSR count). The fraction of sp³-hybridized carbons (Fsp3) is 0.667. The smallest absolute Gasteiger partial charge is 0.410 e. The van der Waals surface area contributed by atoms with Gasteiger partial charge in [-0.15, -0.1) is 0 Å². The van der Waals surface area contributed by atoms with E-state index in [-0.39, 0.29) is 24.5 Å². The number of amides is 3. The summed E-state index contributed by atoms with van der Waals surface area (Å²) in [6.07, 6.45) is 10.6. The normalized spacial score (nSPS) is 19.0. The standard InChI is InChI=1S/C24H37N3O3.C24H36N2O4/c1-24(2,3)30-23(29)27-16-12-20(13-17-27)19-10-14-26(15-11-19)21-7-4-18(5-8-21)6-9-22(25)28;1-24(2,3)30-23(29)26-16-12-20(13-17-26)19-10-14-25(15-11-19)21-7-4-18(5-8-21)6-9-22(27)28/h4-5,7-8,19-20H,6,9-17H2,1-3H3,(H2,25,28);4-5,7-8,19-20H,6,9-17H2,1-3H3,(H,27,28). The van der Waals surface area contributed by atoms with Gasteiger partial charge in [-0.2, -0.15) is 0 Å². The Kier molecular flexibility index (Phi) is 16.6. The van der Waals surface area contributed by atoms with Crippen LogP contribution in [-0.4, -0.2) is 103 Å². The summed E-state index contributed by atoms with van der Waals surface area (Å²) in [5.41, 5.74) is 9.09. The van der Waals surface area contributed by atoms with E-state index >= 15 is 0 Å². The Balaban J connectivity index is 0.000000228. The minimum atomic E-state index is -0.752. The van der Waals surface area contributed by atoms with Crippen molar-refractivity contribution >= 4 is 35.4 Å². The van der Waals surface area contributed by atoms with Gasteiger partial charge in [-0.3, -0.25) is 9.59 Å². The molecule has 332 valence electrons. The van der Waals surface area contributed by atoms with Gasteiger partial charge in [0.1, 0.15) is 11.2 Å². The lowest BCUT2D eigenvalue weighted by molar-refractivity contribution is -0.137. The predicted molar refractivity (Wildman–Crippen MR) is 237 cm³/mol. The summed E-state index contributed by atoms with van der Waals surface area (Å²) in [5, 5.41) is 8.82. The molecule has 4 heterocycles. The number of ether oxygens (including phenoxy) is 2. The summed E-state index contributed by atoms with van der Waals surface area (Å²) in [5.74, 6) is 1.89. The number of aryl methyl sites for hydroxylation is 2. The molecule has 0 radical (unpaired) electrons. The zero-order valence-corrected chi connectivity index (χ0v) is 37.3. The largest absolute Gasteiger partial charge is 0.481 e. The Morgan fingerprint density at radius 2 is 0.833 bits per heavy atom. The highest BCUT2D eigenvalue weighted by molar-refractivity contribution is 5.74. The Bertz CT molecular complexity index is 1550. The van der Waals surface area contributed by atoms with E-state index in [0.29, 0.717) is 31.1 Å². The van der Waals surface area contributed by atoms with Crippen LogP contribution >= 0.6 is 0 Å². The van der Waals surface area contributed by atoms with Crippen molar-refractivity contribution in [1.29, 1.82) is 0 Å². The minimum absolute atomic E-state index is 0.171. The molecule has 0 aromatic heterocycles. The van der Waals surface area contributed by atoms with Crippen molar-refractivity contribution in [2.45, 2.75) is 130 Å². The van der Waals surface area contributed by atoms with Crippen LogP contribution in [-0.2, 0) is 31.9 Å². The highest BCUT2D eigenvalue weighted by Crippen LogP contribution is 2.36. The van der Waals surface area contributed by atoms with E-state index in [1.807, 2.05) is 51.3 Å². The van der Waals surface area contributed by atoms with Gasteiger partial charge in [0.15, 0.2) is 0 Å². The molecule has 0 saturated carbocycles. The second-order valence-electron chi connectivity index (χ2n) is 19.5. The predicted octanol–water partition coefficient (Wildman–Crippen LogP) is 8.54. The summed E-state index contributed by atoms with van der Waals surface area (Å²) in [6.45, 7) is 19.0. The van der Waals surface area contributed by atoms with Crippen molar-refractivity contribution in [1.82, 2.24) is 9.80 Å². The molecule has 3 amide bonds. The third kappa shape index (κ3) is 14.9. The number of carbonyl (C=O) groups is 4. The maximum atomic E-state index is 12.3. The van der Waals surface area contributed by atoms with Gasteiger partial charge in [0, 0.05) is 76.6 Å². The van der Waals surface area contributed by atoms with Gasteiger partial charge < -0.3 is 39.9 Å². The van der Waals surface area contributed by atoms with Crippen LogP contribution in [0.25, 0.3) is 0 Å². The van der Waals surface area contributed by atoms with E-state index < -0.39 is 17.2 Å². The molecule has 2 aromatic rings. The lowest BCUT2D eigenvalue weighted by Gasteiger charge is -2.41. The van der Waals surface area contributed by atoms with Crippen LogP contribution in [0.1, 0.15) is 117 Å². The van der Waals surface area contributed by atoms with E-state index in [1.165, 1.54) is 37.1 Å². The van der Waals surface area contributed by atoms with Gasteiger partial charge in [-0.05, 0) is 165 Å². The molecule has 4 aliphatic heterocycles. The highest BCUT2D eigenvalue weighted by atomic mass is 16.6. The van der Waals surface area contributed by atoms with Gasteiger partial charge in [0.2, 0.25) is 5.91 Å². The zero-order valence-electron chi connectivity index (χ0n) is 37.3. The van der Waals surface area contributed by atoms with E-state index in [1.54, 1.807) is 0 Å². The summed E-state index contributed by atoms with van der Waals surface area (Å²) in [6, 6.07) is 16.9. The lowest BCUT2D eigenvalue weighted by Crippen LogP contribution is -2.44. The molecule has 0 aliphatic carbocycles. The van der Waals surface area contributed by atoms with Crippen LogP contribution in [0.4, 0.5) is 21.0 Å². The quantitative estimate of drug-likeness (QED) is 0.241. The monoisotopic (exact) mass is 832 g/mol. The second kappa shape index (κ2) is 21.4. The number of nitrogens with zero attached hydrogens (tertiary/aromatic N) is 4. The van der Waals surface area contributed by atoms with Gasteiger partial charge in [-0.1, -0.05) is 24.3 Å². The third-order valence-corrected chi connectivity index (χ3v) is 12.7. The molecule has 0 atom stereocenters. The number of piperidine rings is 4. The van der Waals surface area contributed by atoms with Crippen LogP contribution in [0.2, 0.25) is 0 Å². The summed E-state index contributed by atoms with van der Waals surface area (Å²) in [4.78, 5) is 54.8. The molecule has 12 nitrogen and oxygen atoms in total. The number of rotatable bonds is 10. The van der Waals surface area contributed by atoms with E-state index in [9.17, 15) is 19.2 Å². The van der Waals surface area contributed by atoms with Crippen LogP contribution < -0.4 is 15.5 Å². The van der Waals surface area contributed by atoms with Gasteiger partial charge >= 0.3 is 18.2 Å². The number of aliphatic carboxylic acids is 1. The molecular weight excluding hydrogens is 759 g/mol. The first-order chi connectivity index (χ1) is 28.4. The average Bonchev–Trinajstić information content (AvgIpc) is 3.22. The first kappa shape index (κ1) is 46.6. The fourth-order valence-corrected chi connectivity index (χ4v) is 9.28. The SMILES string of the molecule is CC(C)(C)OC(=O)N1CCC(C2CCN(c3ccc(CCC(=O)O)cc3)CC2)CC1.CC(C)(C)OC(=O)N1CCC(C2CCN(c3ccc(CCC(N)=O)cc3)CC2)CC1. The van der Waals surface area contributed by atoms with Crippen molar-refractivity contribution in [3.8, 4) is 0 Å². The van der Waals surface area contributed by atoms with Gasteiger partial charge in [-0.25, -0.2) is 9.59 Å². The van der Waals surface area contributed by atoms with E-state index in [0.717, 1.165) is 101 Å². The summed E-state index contributed by atoms with van der Waals surface area (Å²) < 4.78 is 11.0. The number of benzene rings is 2. The molecule has 0 bridgehead atoms. The molecule has 2 aromatic carbocycles. The zero-order chi connectivity index (χ0) is 43.5. The van der Waals surface area contributed by atoms with Crippen molar-refractivity contribution in [3.63, 3.8) is 0 Å². The molecule has 60 heavy (non-hydrogen) atoms. The van der Waals surface area contributed by atoms with Crippen molar-refractivity contribution in [2.75, 3.05) is 62.2 Å². The number of primary amides is 1. The molecule has 0 unspecified atom stereocenters. The average molecular weight is 832 g/mol. The van der Waals surface area contributed by atoms with E-state index in [4.69, 9.17) is 20.3 Å². The second-order valence-corrected chi connectivity index (χ2v) is 19.5. The van der Waals surface area contributed by atoms with Crippen LogP contribution in [0.5, 0.6) is 0 Å². The van der Waals surface area contributed by atoms with Crippen molar-refractivity contribution in [2.24, 2.45) is 29.4 Å². The first-order valence-corrected chi connectivity index (χ1v) is 22.6. The number of nitrogens with two attached hydrogens (primary N) is 1. The first-order valence-electron chi connectivity index (χ1n) is 22.6. The molecule has 4 aliphatic rings. The molecule has 4 saturated heterocycles. The minimum Gasteiger partial charge on any atom is -0.481 e. The number of carboxylic acid groups (broad SMARTS) is 1. The number of carboxylic acids is 1. The Labute approximate surface area is 359 Å². The molecule has 0 spiro atoms. The summed E-state index contributed by atoms with van der Waals surface area (Å²) in [7, 11) is 0. The molecule has 4 fully saturated rings. The maximum Gasteiger partial charge on any atom is 0.410 e. The van der Waals surface area contributed by atoms with Gasteiger partial charge in [0.25, 0.3) is 0 Å². The van der Waals surface area contributed by atoms with Gasteiger partial charge in [0.05, 0.1) is 0 Å². The fourth-order valence-electron chi connectivity index (χ4n) is 9.28. The molecule has 12 heteroatoms. The number of anilines is 2. The van der Waals surface area contributed by atoms with Crippen molar-refractivity contribution in [3.05, 3.63) is 59.7 Å². The Morgan fingerprint density at radius 3 is 1.12 bits per heavy atom. The number of carbonyl (C=O) groups excluding carboxylic acids is 3. The van der Waals surface area contributed by atoms with E-state index in [2.05, 4.69) is 58.3 Å². The number of hydrogen-bond donors (Lipinski definition) is 2. The van der Waals surface area contributed by atoms with Crippen LogP contribution in [0, 0.1) is 23.7 Å². The third-order valence-electron chi connectivity index (χ3n) is 12.7. The highest BCUT2D eigenvalue weighted by Gasteiger charge is 2.34. The lowest BCUT2D eigenvalue weighted by atomic mass is 9.79. The van der Waals surface area contributed by atoms with Crippen LogP contribution in [0.3, 0.4) is 0 Å². The maximum absolute atomic E-state index is 12.3. The Hall–Kier alpha value is -4.48. The molecular formula is C48H73N5O7. The number of likely N-dealkylation sites (tertiary alicyclic amines) is 2. The number of hydrogen-bond acceptors (Lipinski definition) is 8. The van der Waals surface area contributed by atoms with Crippen LogP contribution in [0.15, 0.2) is 48.5 Å². The molecule has 3 N–H and O–H groups in total. The summed E-state index contributed by atoms with van der Waals surface area (Å²) >= 11 is 0. The Morgan fingerprint density at radius 1 is 0.533 bits per heavy atom. The van der Waals surface area contributed by atoms with Crippen molar-refractivity contribution < 1.29 is 33.8 Å². The topological polar surface area (TPSA) is 146 Å².